The van der Waals surface area contributed by atoms with Gasteiger partial charge in [0.25, 0.3) is 0 Å². The second kappa shape index (κ2) is 4.52. The number of benzene rings is 2. The van der Waals surface area contributed by atoms with Crippen LogP contribution < -0.4 is 5.73 Å². The third-order valence-electron chi connectivity index (χ3n) is 3.33. The van der Waals surface area contributed by atoms with Crippen molar-refractivity contribution in [3.8, 4) is 5.69 Å². The number of aryl methyl sites for hydroxylation is 1. The zero-order valence-electron chi connectivity index (χ0n) is 11.2. The van der Waals surface area contributed by atoms with E-state index in [1.165, 1.54) is 5.56 Å². The number of nitrogens with zero attached hydrogens (tertiary/aromatic N) is 2. The standard InChI is InChI=1S/C16H17N3/c1-11-7-6-10-14-15(11)18-16(12(2)17)19(14)13-8-4-3-5-9-13/h3-10,12H,17H2,1-2H3. The monoisotopic (exact) mass is 251 g/mol. The smallest absolute Gasteiger partial charge is 0.131 e. The number of fused-ring (bicyclic) bond motifs is 1. The van der Waals surface area contributed by atoms with E-state index in [0.717, 1.165) is 22.5 Å². The first-order valence-electron chi connectivity index (χ1n) is 6.47. The summed E-state index contributed by atoms with van der Waals surface area (Å²) < 4.78 is 2.15. The second-order valence-electron chi connectivity index (χ2n) is 4.87. The van der Waals surface area contributed by atoms with Gasteiger partial charge in [0.2, 0.25) is 0 Å². The molecule has 0 aliphatic heterocycles. The average molecular weight is 251 g/mol. The predicted octanol–water partition coefficient (Wildman–Crippen LogP) is 3.35. The molecular formula is C16H17N3. The maximum Gasteiger partial charge on any atom is 0.131 e. The van der Waals surface area contributed by atoms with Crippen LogP contribution in [0.15, 0.2) is 48.5 Å². The molecule has 1 unspecified atom stereocenters. The molecule has 0 aliphatic carbocycles. The maximum atomic E-state index is 6.08. The molecule has 0 spiro atoms. The van der Waals surface area contributed by atoms with E-state index in [1.54, 1.807) is 0 Å². The van der Waals surface area contributed by atoms with Gasteiger partial charge >= 0.3 is 0 Å². The van der Waals surface area contributed by atoms with Gasteiger partial charge in [-0.15, -0.1) is 0 Å². The molecule has 0 saturated carbocycles. The molecule has 0 fully saturated rings. The van der Waals surface area contributed by atoms with E-state index in [9.17, 15) is 0 Å². The van der Waals surface area contributed by atoms with Gasteiger partial charge in [0.05, 0.1) is 17.1 Å². The molecule has 2 N–H and O–H groups in total. The molecule has 1 atom stereocenters. The summed E-state index contributed by atoms with van der Waals surface area (Å²) in [5, 5.41) is 0. The van der Waals surface area contributed by atoms with Gasteiger partial charge < -0.3 is 5.73 Å². The van der Waals surface area contributed by atoms with Crippen LogP contribution in [0, 0.1) is 6.92 Å². The van der Waals surface area contributed by atoms with Gasteiger partial charge in [0, 0.05) is 5.69 Å². The summed E-state index contributed by atoms with van der Waals surface area (Å²) in [6.07, 6.45) is 0. The maximum absolute atomic E-state index is 6.08. The Hall–Kier alpha value is -2.13. The molecule has 96 valence electrons. The lowest BCUT2D eigenvalue weighted by Gasteiger charge is -2.11. The third kappa shape index (κ3) is 1.92. The Bertz CT molecular complexity index is 711. The summed E-state index contributed by atoms with van der Waals surface area (Å²) in [5.41, 5.74) is 10.5. The van der Waals surface area contributed by atoms with Gasteiger partial charge in [-0.1, -0.05) is 30.3 Å². The highest BCUT2D eigenvalue weighted by Crippen LogP contribution is 2.26. The van der Waals surface area contributed by atoms with E-state index in [4.69, 9.17) is 10.7 Å². The van der Waals surface area contributed by atoms with Crippen molar-refractivity contribution in [2.45, 2.75) is 19.9 Å². The highest BCUT2D eigenvalue weighted by atomic mass is 15.1. The van der Waals surface area contributed by atoms with Crippen molar-refractivity contribution in [3.63, 3.8) is 0 Å². The predicted molar refractivity (Wildman–Crippen MR) is 78.4 cm³/mol. The fourth-order valence-electron chi connectivity index (χ4n) is 2.41. The summed E-state index contributed by atoms with van der Waals surface area (Å²) in [6, 6.07) is 16.4. The van der Waals surface area contributed by atoms with E-state index in [-0.39, 0.29) is 6.04 Å². The van der Waals surface area contributed by atoms with Crippen molar-refractivity contribution >= 4 is 11.0 Å². The highest BCUT2D eigenvalue weighted by Gasteiger charge is 2.15. The number of aromatic nitrogens is 2. The van der Waals surface area contributed by atoms with Crippen LogP contribution in [0.3, 0.4) is 0 Å². The van der Waals surface area contributed by atoms with E-state index in [2.05, 4.69) is 41.8 Å². The Morgan fingerprint density at radius 2 is 1.79 bits per heavy atom. The minimum absolute atomic E-state index is 0.105. The Morgan fingerprint density at radius 3 is 2.47 bits per heavy atom. The van der Waals surface area contributed by atoms with Gasteiger partial charge in [-0.2, -0.15) is 0 Å². The molecule has 0 saturated heterocycles. The van der Waals surface area contributed by atoms with Crippen molar-refractivity contribution in [3.05, 3.63) is 59.9 Å². The van der Waals surface area contributed by atoms with Crippen LogP contribution in [-0.2, 0) is 0 Å². The normalized spacial score (nSPS) is 12.8. The summed E-state index contributed by atoms with van der Waals surface area (Å²) in [6.45, 7) is 4.05. The van der Waals surface area contributed by atoms with Crippen molar-refractivity contribution < 1.29 is 0 Å². The zero-order chi connectivity index (χ0) is 13.4. The van der Waals surface area contributed by atoms with E-state index in [1.807, 2.05) is 25.1 Å². The summed E-state index contributed by atoms with van der Waals surface area (Å²) in [5.74, 6) is 0.899. The van der Waals surface area contributed by atoms with Crippen LogP contribution in [0.1, 0.15) is 24.4 Å². The molecular weight excluding hydrogens is 234 g/mol. The van der Waals surface area contributed by atoms with Crippen LogP contribution >= 0.6 is 0 Å². The van der Waals surface area contributed by atoms with Crippen LogP contribution in [-0.4, -0.2) is 9.55 Å². The molecule has 0 amide bonds. The lowest BCUT2D eigenvalue weighted by atomic mass is 10.2. The molecule has 1 heterocycles. The molecule has 0 bridgehead atoms. The highest BCUT2D eigenvalue weighted by molar-refractivity contribution is 5.81. The van der Waals surface area contributed by atoms with Gasteiger partial charge in [0.1, 0.15) is 5.82 Å². The minimum atomic E-state index is -0.105. The molecule has 1 aromatic heterocycles. The first-order chi connectivity index (χ1) is 9.18. The molecule has 0 aliphatic rings. The van der Waals surface area contributed by atoms with Gasteiger partial charge in [-0.3, -0.25) is 4.57 Å². The quantitative estimate of drug-likeness (QED) is 0.759. The molecule has 0 radical (unpaired) electrons. The number of hydrogen-bond donors (Lipinski definition) is 1. The Labute approximate surface area is 112 Å². The fraction of sp³-hybridized carbons (Fsp3) is 0.188. The lowest BCUT2D eigenvalue weighted by Crippen LogP contribution is -2.12. The van der Waals surface area contributed by atoms with Crippen LogP contribution in [0.5, 0.6) is 0 Å². The SMILES string of the molecule is Cc1cccc2c1nc(C(C)N)n2-c1ccccc1. The van der Waals surface area contributed by atoms with Crippen molar-refractivity contribution in [1.82, 2.24) is 9.55 Å². The number of rotatable bonds is 2. The Kier molecular flexibility index (Phi) is 2.84. The number of hydrogen-bond acceptors (Lipinski definition) is 2. The van der Waals surface area contributed by atoms with E-state index in [0.29, 0.717) is 0 Å². The first kappa shape index (κ1) is 11.9. The Morgan fingerprint density at radius 1 is 1.05 bits per heavy atom. The molecule has 3 rings (SSSR count). The second-order valence-corrected chi connectivity index (χ2v) is 4.87. The number of para-hydroxylation sites is 2. The topological polar surface area (TPSA) is 43.8 Å². The molecule has 2 aromatic carbocycles. The van der Waals surface area contributed by atoms with Gasteiger partial charge in [0.15, 0.2) is 0 Å². The lowest BCUT2D eigenvalue weighted by molar-refractivity contribution is 0.727. The molecule has 19 heavy (non-hydrogen) atoms. The van der Waals surface area contributed by atoms with Crippen LogP contribution in [0.25, 0.3) is 16.7 Å². The number of imidazole rings is 1. The summed E-state index contributed by atoms with van der Waals surface area (Å²) in [7, 11) is 0. The summed E-state index contributed by atoms with van der Waals surface area (Å²) >= 11 is 0. The van der Waals surface area contributed by atoms with Crippen molar-refractivity contribution in [1.29, 1.82) is 0 Å². The van der Waals surface area contributed by atoms with Gasteiger partial charge in [-0.05, 0) is 37.6 Å². The average Bonchev–Trinajstić information content (AvgIpc) is 2.81. The largest absolute Gasteiger partial charge is 0.322 e. The van der Waals surface area contributed by atoms with Crippen LogP contribution in [0.2, 0.25) is 0 Å². The van der Waals surface area contributed by atoms with Gasteiger partial charge in [-0.25, -0.2) is 4.98 Å². The first-order valence-corrected chi connectivity index (χ1v) is 6.47. The minimum Gasteiger partial charge on any atom is -0.322 e. The van der Waals surface area contributed by atoms with Crippen molar-refractivity contribution in [2.75, 3.05) is 0 Å². The number of nitrogens with two attached hydrogens (primary N) is 1. The zero-order valence-corrected chi connectivity index (χ0v) is 11.2. The molecule has 3 aromatic rings. The molecule has 3 nitrogen and oxygen atoms in total. The van der Waals surface area contributed by atoms with Crippen molar-refractivity contribution in [2.24, 2.45) is 5.73 Å². The Balaban J connectivity index is 2.38. The fourth-order valence-corrected chi connectivity index (χ4v) is 2.41. The van der Waals surface area contributed by atoms with E-state index >= 15 is 0 Å². The third-order valence-corrected chi connectivity index (χ3v) is 3.33. The van der Waals surface area contributed by atoms with Crippen LogP contribution in [0.4, 0.5) is 0 Å². The molecule has 3 heteroatoms. The van der Waals surface area contributed by atoms with E-state index < -0.39 is 0 Å². The summed E-state index contributed by atoms with van der Waals surface area (Å²) in [4.78, 5) is 4.73.